The second kappa shape index (κ2) is 7.43. The van der Waals surface area contributed by atoms with Crippen molar-refractivity contribution in [2.75, 3.05) is 5.32 Å². The van der Waals surface area contributed by atoms with E-state index < -0.39 is 5.97 Å². The van der Waals surface area contributed by atoms with Crippen LogP contribution >= 0.6 is 22.9 Å². The molecule has 0 spiro atoms. The van der Waals surface area contributed by atoms with E-state index in [9.17, 15) is 14.7 Å². The van der Waals surface area contributed by atoms with Gasteiger partial charge in [-0.05, 0) is 38.1 Å². The highest BCUT2D eigenvalue weighted by atomic mass is 35.5. The fourth-order valence-electron chi connectivity index (χ4n) is 1.84. The Morgan fingerprint density at radius 2 is 2.00 bits per heavy atom. The predicted octanol–water partition coefficient (Wildman–Crippen LogP) is 2.60. The number of nitrogens with zero attached hydrogens (tertiary/aromatic N) is 2. The van der Waals surface area contributed by atoms with Crippen molar-refractivity contribution in [3.05, 3.63) is 45.4 Å². The van der Waals surface area contributed by atoms with E-state index in [1.807, 2.05) is 13.8 Å². The number of carboxylic acids is 1. The van der Waals surface area contributed by atoms with Crippen molar-refractivity contribution < 1.29 is 14.7 Å². The number of nitrogens with one attached hydrogen (secondary N) is 1. The van der Waals surface area contributed by atoms with Crippen LogP contribution in [0.15, 0.2) is 29.6 Å². The van der Waals surface area contributed by atoms with E-state index >= 15 is 0 Å². The summed E-state index contributed by atoms with van der Waals surface area (Å²) in [4.78, 5) is 28.7. The molecule has 0 fully saturated rings. The zero-order chi connectivity index (χ0) is 17.0. The number of halogens is 1. The Bertz CT molecular complexity index is 700. The van der Waals surface area contributed by atoms with Crippen molar-refractivity contribution in [2.45, 2.75) is 26.4 Å². The first-order valence-electron chi connectivity index (χ1n) is 6.85. The minimum absolute atomic E-state index is 0.0856. The Balaban J connectivity index is 2.08. The van der Waals surface area contributed by atoms with E-state index in [0.29, 0.717) is 15.7 Å². The molecule has 0 unspecified atom stereocenters. The van der Waals surface area contributed by atoms with Gasteiger partial charge in [-0.15, -0.1) is 11.3 Å². The monoisotopic (exact) mass is 352 g/mol. The molecule has 0 aliphatic rings. The second-order valence-electron chi connectivity index (χ2n) is 5.07. The first kappa shape index (κ1) is 17.2. The number of hydrogen-bond acceptors (Lipinski definition) is 5. The molecule has 1 aromatic carbocycles. The number of rotatable bonds is 5. The summed E-state index contributed by atoms with van der Waals surface area (Å²) in [5.41, 5.74) is 0.506. The largest absolute Gasteiger partial charge is 0.543 e. The van der Waals surface area contributed by atoms with Crippen molar-refractivity contribution in [2.24, 2.45) is 0 Å². The molecule has 0 aliphatic heterocycles. The smallest absolute Gasteiger partial charge is 0.322 e. The van der Waals surface area contributed by atoms with Crippen molar-refractivity contribution in [3.8, 4) is 0 Å². The summed E-state index contributed by atoms with van der Waals surface area (Å²) in [6.07, 6.45) is 0. The molecule has 0 radical (unpaired) electrons. The molecule has 122 valence electrons. The Labute approximate surface area is 142 Å². The van der Waals surface area contributed by atoms with Gasteiger partial charge in [0.1, 0.15) is 5.01 Å². The molecule has 2 aromatic rings. The maximum atomic E-state index is 12.4. The number of hydrogen-bond donors (Lipinski definition) is 1. The Morgan fingerprint density at radius 3 is 2.52 bits per heavy atom. The SMILES string of the molecule is CC(C)N(Cc1nc(C(=O)[O-])cs1)C(=O)Nc1ccc(Cl)cc1. The lowest BCUT2D eigenvalue weighted by molar-refractivity contribution is -0.255. The van der Waals surface area contributed by atoms with Gasteiger partial charge in [0.05, 0.1) is 18.2 Å². The minimum Gasteiger partial charge on any atom is -0.543 e. The Morgan fingerprint density at radius 1 is 1.35 bits per heavy atom. The lowest BCUT2D eigenvalue weighted by Gasteiger charge is -2.26. The Kier molecular flexibility index (Phi) is 5.57. The van der Waals surface area contributed by atoms with Crippen LogP contribution in [0.3, 0.4) is 0 Å². The lowest BCUT2D eigenvalue weighted by atomic mass is 10.3. The molecule has 0 atom stereocenters. The average molecular weight is 353 g/mol. The van der Waals surface area contributed by atoms with E-state index in [-0.39, 0.29) is 24.3 Å². The van der Waals surface area contributed by atoms with Gasteiger partial charge in [-0.2, -0.15) is 0 Å². The molecule has 2 amide bonds. The summed E-state index contributed by atoms with van der Waals surface area (Å²) < 4.78 is 0. The highest BCUT2D eigenvalue weighted by molar-refractivity contribution is 7.09. The average Bonchev–Trinajstić information content (AvgIpc) is 2.95. The van der Waals surface area contributed by atoms with E-state index in [2.05, 4.69) is 10.3 Å². The topological polar surface area (TPSA) is 85.4 Å². The third-order valence-corrected chi connectivity index (χ3v) is 4.13. The zero-order valence-corrected chi connectivity index (χ0v) is 14.1. The van der Waals surface area contributed by atoms with Gasteiger partial charge in [-0.1, -0.05) is 11.6 Å². The van der Waals surface area contributed by atoms with Crippen LogP contribution in [0, 0.1) is 0 Å². The summed E-state index contributed by atoms with van der Waals surface area (Å²) in [6, 6.07) is 6.39. The van der Waals surface area contributed by atoms with Gasteiger partial charge in [0.15, 0.2) is 0 Å². The van der Waals surface area contributed by atoms with Crippen molar-refractivity contribution >= 4 is 40.6 Å². The van der Waals surface area contributed by atoms with Crippen molar-refractivity contribution in [1.82, 2.24) is 9.88 Å². The van der Waals surface area contributed by atoms with Crippen molar-refractivity contribution in [3.63, 3.8) is 0 Å². The second-order valence-corrected chi connectivity index (χ2v) is 6.45. The molecule has 8 heteroatoms. The van der Waals surface area contributed by atoms with Gasteiger partial charge in [-0.3, -0.25) is 0 Å². The van der Waals surface area contributed by atoms with Crippen LogP contribution in [0.4, 0.5) is 10.5 Å². The molecular formula is C15H15ClN3O3S-. The molecule has 0 saturated carbocycles. The van der Waals surface area contributed by atoms with E-state index in [1.165, 1.54) is 16.7 Å². The van der Waals surface area contributed by atoms with Crippen LogP contribution in [0.1, 0.15) is 29.3 Å². The molecule has 1 heterocycles. The first-order chi connectivity index (χ1) is 10.9. The van der Waals surface area contributed by atoms with E-state index in [4.69, 9.17) is 11.6 Å². The number of carbonyl (C=O) groups is 2. The molecule has 23 heavy (non-hydrogen) atoms. The summed E-state index contributed by atoms with van der Waals surface area (Å²) in [5, 5.41) is 16.1. The third kappa shape index (κ3) is 4.67. The molecule has 0 aliphatic carbocycles. The first-order valence-corrected chi connectivity index (χ1v) is 8.11. The number of amides is 2. The minimum atomic E-state index is -1.32. The molecule has 1 aromatic heterocycles. The molecule has 0 bridgehead atoms. The molecule has 2 rings (SSSR count). The standard InChI is InChI=1S/C15H16ClN3O3S/c1-9(2)19(7-13-18-12(8-23-13)14(20)21)15(22)17-11-5-3-10(16)4-6-11/h3-6,8-9H,7H2,1-2H3,(H,17,22)(H,20,21)/p-1. The zero-order valence-electron chi connectivity index (χ0n) is 12.6. The van der Waals surface area contributed by atoms with Gasteiger partial charge >= 0.3 is 6.03 Å². The molecule has 1 N–H and O–H groups in total. The van der Waals surface area contributed by atoms with Gasteiger partial charge in [0.2, 0.25) is 0 Å². The summed E-state index contributed by atoms with van der Waals surface area (Å²) in [5.74, 6) is -1.32. The predicted molar refractivity (Wildman–Crippen MR) is 87.6 cm³/mol. The number of aromatic carboxylic acids is 1. The fourth-order valence-corrected chi connectivity index (χ4v) is 2.73. The van der Waals surface area contributed by atoms with Gasteiger partial charge in [-0.25, -0.2) is 9.78 Å². The fraction of sp³-hybridized carbons (Fsp3) is 0.267. The highest BCUT2D eigenvalue weighted by Gasteiger charge is 2.19. The quantitative estimate of drug-likeness (QED) is 0.896. The maximum Gasteiger partial charge on any atom is 0.322 e. The lowest BCUT2D eigenvalue weighted by Crippen LogP contribution is -2.39. The number of thiazole rings is 1. The number of carbonyl (C=O) groups excluding carboxylic acids is 2. The van der Waals surface area contributed by atoms with Gasteiger partial charge in [0, 0.05) is 22.1 Å². The van der Waals surface area contributed by atoms with E-state index in [0.717, 1.165) is 0 Å². The number of anilines is 1. The maximum absolute atomic E-state index is 12.4. The molecule has 6 nitrogen and oxygen atoms in total. The summed E-state index contributed by atoms with van der Waals surface area (Å²) in [7, 11) is 0. The van der Waals surface area contributed by atoms with Crippen LogP contribution < -0.4 is 10.4 Å². The van der Waals surface area contributed by atoms with Crippen LogP contribution in [0.5, 0.6) is 0 Å². The van der Waals surface area contributed by atoms with E-state index in [1.54, 1.807) is 29.2 Å². The highest BCUT2D eigenvalue weighted by Crippen LogP contribution is 2.17. The summed E-state index contributed by atoms with van der Waals surface area (Å²) in [6.45, 7) is 3.96. The molecule has 0 saturated heterocycles. The number of benzene rings is 1. The normalized spacial score (nSPS) is 10.6. The Hall–Kier alpha value is -2.12. The molecular weight excluding hydrogens is 338 g/mol. The van der Waals surface area contributed by atoms with Crippen molar-refractivity contribution in [1.29, 1.82) is 0 Å². The third-order valence-electron chi connectivity index (χ3n) is 3.05. The number of aromatic nitrogens is 1. The number of urea groups is 1. The number of carboxylic acid groups (broad SMARTS) is 1. The van der Waals surface area contributed by atoms with Crippen LogP contribution in [-0.4, -0.2) is 27.9 Å². The van der Waals surface area contributed by atoms with Crippen LogP contribution in [0.2, 0.25) is 5.02 Å². The van der Waals surface area contributed by atoms with Gasteiger partial charge < -0.3 is 20.1 Å². The van der Waals surface area contributed by atoms with Crippen LogP contribution in [0.25, 0.3) is 0 Å². The van der Waals surface area contributed by atoms with Crippen LogP contribution in [-0.2, 0) is 6.54 Å². The van der Waals surface area contributed by atoms with Gasteiger partial charge in [0.25, 0.3) is 0 Å². The summed E-state index contributed by atoms with van der Waals surface area (Å²) >= 11 is 6.99.